The Morgan fingerprint density at radius 1 is 0.450 bits per heavy atom. The Hall–Kier alpha value is -2.12. The number of nitrogen functional groups attached to an aromatic ring is 2. The molecule has 0 aliphatic carbocycles. The van der Waals surface area contributed by atoms with Crippen LogP contribution in [0.25, 0.3) is 32.7 Å². The predicted octanol–water partition coefficient (Wildman–Crippen LogP) is -7.88. The van der Waals surface area contributed by atoms with E-state index >= 15 is 0 Å². The minimum absolute atomic E-state index is 0. The van der Waals surface area contributed by atoms with Crippen LogP contribution in [0.5, 0.6) is 11.5 Å². The molecule has 0 radical (unpaired) electrons. The number of nitrogens with two attached hydrogens (primary N) is 2. The summed E-state index contributed by atoms with van der Waals surface area (Å²) in [6.07, 6.45) is 0. The summed E-state index contributed by atoms with van der Waals surface area (Å²) in [6, 6.07) is 17.5. The van der Waals surface area contributed by atoms with Crippen molar-refractivity contribution in [1.82, 2.24) is 0 Å². The zero-order valence-electron chi connectivity index (χ0n) is 31.5. The molecule has 0 bridgehead atoms. The maximum Gasteiger partial charge on any atom is 1.00 e. The molecule has 0 saturated carbocycles. The summed E-state index contributed by atoms with van der Waals surface area (Å²) in [4.78, 5) is -4.49. The van der Waals surface area contributed by atoms with Gasteiger partial charge in [0, 0.05) is 21.5 Å². The van der Waals surface area contributed by atoms with Crippen molar-refractivity contribution >= 4 is 96.1 Å². The first-order valence-electron chi connectivity index (χ1n) is 15.0. The van der Waals surface area contributed by atoms with Crippen LogP contribution in [0.3, 0.4) is 0 Å². The van der Waals surface area contributed by atoms with E-state index in [1.165, 1.54) is 24.3 Å². The zero-order chi connectivity index (χ0) is 41.1. The summed E-state index contributed by atoms with van der Waals surface area (Å²) in [6.45, 7) is 0. The van der Waals surface area contributed by atoms with Gasteiger partial charge in [-0.1, -0.05) is 47.9 Å². The molecule has 0 fully saturated rings. The smallest absolute Gasteiger partial charge is 0.870 e. The fraction of sp³-hybridized carbons (Fsp3) is 0. The van der Waals surface area contributed by atoms with Crippen LogP contribution in [0.4, 0.5) is 34.1 Å². The first-order valence-corrected chi connectivity index (χ1v) is 20.7. The molecule has 60 heavy (non-hydrogen) atoms. The maximum absolute atomic E-state index is 13.2. The van der Waals surface area contributed by atoms with E-state index < -0.39 is 116 Å². The molecule has 0 aliphatic heterocycles. The SMILES string of the molecule is Nc1c(S(=O)(=O)O)cc(S(=O)(=O)[O-])c2ccc(N=Nc3ccc(-c4ccc(N=Nc5ccc6c(S(=O)(=O)[O-])cc(S(=O)(=O)O)c(N)c6c5[O-])cc4)cc3)c([O-])c12.[Na+].[Na+].[Na+].[Na+]. The van der Waals surface area contributed by atoms with Crippen molar-refractivity contribution in [1.29, 1.82) is 0 Å². The van der Waals surface area contributed by atoms with Gasteiger partial charge in [-0.3, -0.25) is 9.11 Å². The summed E-state index contributed by atoms with van der Waals surface area (Å²) in [5.41, 5.74) is 11.0. The summed E-state index contributed by atoms with van der Waals surface area (Å²) in [5, 5.41) is 39.7. The van der Waals surface area contributed by atoms with Crippen LogP contribution in [0.1, 0.15) is 0 Å². The van der Waals surface area contributed by atoms with Crippen LogP contribution in [-0.4, -0.2) is 51.9 Å². The van der Waals surface area contributed by atoms with E-state index in [2.05, 4.69) is 20.5 Å². The Morgan fingerprint density at radius 3 is 1.02 bits per heavy atom. The van der Waals surface area contributed by atoms with Crippen LogP contribution in [0.2, 0.25) is 0 Å². The van der Waals surface area contributed by atoms with Crippen molar-refractivity contribution in [3.8, 4) is 22.6 Å². The number of hydrogen-bond donors (Lipinski definition) is 4. The molecule has 20 nitrogen and oxygen atoms in total. The molecule has 0 amide bonds. The standard InChI is InChI=1S/C32H24N6O14S4.4Na/c33-29-25(55(47,48)49)13-23(53(41,42)43)19-9-11-21(31(39)27(19)29)37-35-17-5-1-15(2-6-17)16-3-7-18(8-4-16)36-38-22-12-10-20-24(54(44,45)46)14-26(56(50,51)52)30(34)28(20)32(22)40;;;;/h1-14,39-40H,33-34H2,(H,41,42,43)(H,44,45,46)(H,47,48,49)(H,50,51,52);;;;/q;4*+1/p-4. The summed E-state index contributed by atoms with van der Waals surface area (Å²) in [7, 11) is -20.9. The molecular weight excluding hydrogens is 913 g/mol. The van der Waals surface area contributed by atoms with E-state index in [-0.39, 0.29) is 130 Å². The van der Waals surface area contributed by atoms with Crippen molar-refractivity contribution in [2.24, 2.45) is 20.5 Å². The van der Waals surface area contributed by atoms with E-state index in [0.717, 1.165) is 24.3 Å². The van der Waals surface area contributed by atoms with Gasteiger partial charge < -0.3 is 30.8 Å². The third-order valence-electron chi connectivity index (χ3n) is 8.11. The van der Waals surface area contributed by atoms with Crippen molar-refractivity contribution < 1.29 is 180 Å². The Bertz CT molecular complexity index is 2960. The minimum atomic E-state index is -5.32. The van der Waals surface area contributed by atoms with Gasteiger partial charge in [-0.05, 0) is 59.7 Å². The van der Waals surface area contributed by atoms with Gasteiger partial charge in [0.2, 0.25) is 0 Å². The number of nitrogens with zero attached hydrogens (tertiary/aromatic N) is 4. The normalized spacial score (nSPS) is 12.1. The average molecular weight is 933 g/mol. The Balaban J connectivity index is 0.00000310. The van der Waals surface area contributed by atoms with Crippen molar-refractivity contribution in [3.05, 3.63) is 84.9 Å². The fourth-order valence-corrected chi connectivity index (χ4v) is 8.39. The van der Waals surface area contributed by atoms with Gasteiger partial charge in [-0.2, -0.15) is 37.3 Å². The van der Waals surface area contributed by atoms with E-state index in [1.807, 2.05) is 0 Å². The van der Waals surface area contributed by atoms with Crippen LogP contribution < -0.4 is 140 Å². The number of hydrogen-bond acceptors (Lipinski definition) is 18. The molecule has 6 rings (SSSR count). The quantitative estimate of drug-likeness (QED) is 0.0453. The van der Waals surface area contributed by atoms with Crippen LogP contribution in [0.15, 0.2) is 125 Å². The summed E-state index contributed by atoms with van der Waals surface area (Å²) >= 11 is 0. The molecule has 0 unspecified atom stereocenters. The van der Waals surface area contributed by atoms with Crippen LogP contribution in [-0.2, 0) is 40.5 Å². The van der Waals surface area contributed by atoms with Crippen molar-refractivity contribution in [2.75, 3.05) is 11.5 Å². The summed E-state index contributed by atoms with van der Waals surface area (Å²) < 4.78 is 137. The van der Waals surface area contributed by atoms with Gasteiger partial charge >= 0.3 is 118 Å². The molecule has 0 aromatic heterocycles. The minimum Gasteiger partial charge on any atom is -0.870 e. The first kappa shape index (κ1) is 54.0. The number of fused-ring (bicyclic) bond motifs is 2. The van der Waals surface area contributed by atoms with Gasteiger partial charge in [-0.15, -0.1) is 0 Å². The van der Waals surface area contributed by atoms with E-state index in [0.29, 0.717) is 23.3 Å². The molecule has 0 aliphatic rings. The molecular formula is C32H20N6Na4O14S4. The van der Waals surface area contributed by atoms with E-state index in [1.54, 1.807) is 24.3 Å². The number of anilines is 2. The number of azo groups is 2. The fourth-order valence-electron chi connectivity index (χ4n) is 5.55. The molecule has 290 valence electrons. The first-order chi connectivity index (χ1) is 26.0. The Labute approximate surface area is 429 Å². The monoisotopic (exact) mass is 932 g/mol. The maximum atomic E-state index is 13.2. The molecule has 0 heterocycles. The molecule has 0 saturated heterocycles. The number of rotatable bonds is 9. The van der Waals surface area contributed by atoms with Crippen molar-refractivity contribution in [3.63, 3.8) is 0 Å². The van der Waals surface area contributed by atoms with Gasteiger partial charge in [0.25, 0.3) is 20.2 Å². The van der Waals surface area contributed by atoms with Gasteiger partial charge in [0.15, 0.2) is 0 Å². The second kappa shape index (κ2) is 20.2. The molecule has 6 aromatic carbocycles. The third kappa shape index (κ3) is 11.3. The largest absolute Gasteiger partial charge is 1.00 e. The molecule has 6 N–H and O–H groups in total. The van der Waals surface area contributed by atoms with Gasteiger partial charge in [-0.25, -0.2) is 16.8 Å². The van der Waals surface area contributed by atoms with Crippen molar-refractivity contribution in [2.45, 2.75) is 19.6 Å². The number of benzene rings is 6. The Kier molecular flexibility index (Phi) is 18.1. The third-order valence-corrected chi connectivity index (χ3v) is 11.6. The second-order valence-corrected chi connectivity index (χ2v) is 17.1. The van der Waals surface area contributed by atoms with Gasteiger partial charge in [0.05, 0.1) is 43.9 Å². The summed E-state index contributed by atoms with van der Waals surface area (Å²) in [5.74, 6) is -2.14. The predicted molar refractivity (Wildman–Crippen MR) is 191 cm³/mol. The van der Waals surface area contributed by atoms with E-state index in [4.69, 9.17) is 11.5 Å². The van der Waals surface area contributed by atoms with Gasteiger partial charge in [0.1, 0.15) is 30.0 Å². The Morgan fingerprint density at radius 2 is 0.750 bits per heavy atom. The molecule has 0 atom stereocenters. The zero-order valence-corrected chi connectivity index (χ0v) is 42.7. The topological polar surface area (TPSA) is 371 Å². The molecule has 6 aromatic rings. The molecule has 0 spiro atoms. The van der Waals surface area contributed by atoms with Crippen LogP contribution >= 0.6 is 0 Å². The average Bonchev–Trinajstić information content (AvgIpc) is 3.09. The van der Waals surface area contributed by atoms with E-state index in [9.17, 15) is 62.1 Å². The molecule has 28 heteroatoms. The van der Waals surface area contributed by atoms with Crippen LogP contribution in [0, 0.1) is 0 Å². The second-order valence-electron chi connectivity index (χ2n) is 11.6.